The van der Waals surface area contributed by atoms with E-state index < -0.39 is 0 Å². The molecule has 0 saturated heterocycles. The number of aryl methyl sites for hydroxylation is 1. The van der Waals surface area contributed by atoms with Crippen LogP contribution in [0.2, 0.25) is 0 Å². The van der Waals surface area contributed by atoms with Crippen molar-refractivity contribution in [1.29, 1.82) is 0 Å². The first-order valence-corrected chi connectivity index (χ1v) is 5.61. The summed E-state index contributed by atoms with van der Waals surface area (Å²) in [4.78, 5) is 5.13. The molecule has 15 heavy (non-hydrogen) atoms. The third-order valence-corrected chi connectivity index (χ3v) is 3.51. The second kappa shape index (κ2) is 3.95. The van der Waals surface area contributed by atoms with Gasteiger partial charge in [0.15, 0.2) is 0 Å². The summed E-state index contributed by atoms with van der Waals surface area (Å²) in [6.45, 7) is 4.14. The summed E-state index contributed by atoms with van der Waals surface area (Å²) < 4.78 is 0. The molecule has 1 aromatic carbocycles. The summed E-state index contributed by atoms with van der Waals surface area (Å²) in [6, 6.07) is 8.63. The molecule has 2 rings (SSSR count). The van der Waals surface area contributed by atoms with E-state index in [1.54, 1.807) is 0 Å². The van der Waals surface area contributed by atoms with Crippen LogP contribution in [0.1, 0.15) is 43.7 Å². The van der Waals surface area contributed by atoms with E-state index in [-0.39, 0.29) is 5.60 Å². The van der Waals surface area contributed by atoms with Crippen LogP contribution in [-0.4, -0.2) is 5.60 Å². The Hall–Kier alpha value is -0.860. The van der Waals surface area contributed by atoms with Gasteiger partial charge in [0.2, 0.25) is 0 Å². The lowest BCUT2D eigenvalue weighted by atomic mass is 9.75. The number of nitrogens with two attached hydrogens (primary N) is 1. The number of hydrogen-bond acceptors (Lipinski definition) is 2. The maximum Gasteiger partial charge on any atom is 0.0906 e. The van der Waals surface area contributed by atoms with Gasteiger partial charge in [-0.05, 0) is 44.2 Å². The number of rotatable bonds is 2. The molecule has 0 amide bonds. The molecule has 82 valence electrons. The second-order valence-electron chi connectivity index (χ2n) is 4.86. The fourth-order valence-electron chi connectivity index (χ4n) is 2.56. The standard InChI is InChI=1S/C13H19NO/c1-13(2,15-14)12-9-5-7-10-6-3-4-8-11(10)12/h3-4,6,8,12H,5,7,9,14H2,1-2H3. The van der Waals surface area contributed by atoms with Gasteiger partial charge in [-0.2, -0.15) is 0 Å². The van der Waals surface area contributed by atoms with Crippen LogP contribution < -0.4 is 5.90 Å². The zero-order valence-electron chi connectivity index (χ0n) is 9.49. The number of benzene rings is 1. The van der Waals surface area contributed by atoms with Crippen molar-refractivity contribution in [2.75, 3.05) is 0 Å². The Balaban J connectivity index is 2.38. The highest BCUT2D eigenvalue weighted by atomic mass is 16.6. The highest BCUT2D eigenvalue weighted by Crippen LogP contribution is 2.39. The lowest BCUT2D eigenvalue weighted by Gasteiger charge is -2.36. The normalized spacial score (nSPS) is 21.1. The third-order valence-electron chi connectivity index (χ3n) is 3.51. The van der Waals surface area contributed by atoms with Gasteiger partial charge in [0.25, 0.3) is 0 Å². The average Bonchev–Trinajstić information content (AvgIpc) is 2.28. The lowest BCUT2D eigenvalue weighted by molar-refractivity contribution is -0.0435. The van der Waals surface area contributed by atoms with Gasteiger partial charge in [0, 0.05) is 5.92 Å². The van der Waals surface area contributed by atoms with E-state index in [0.29, 0.717) is 5.92 Å². The van der Waals surface area contributed by atoms with Crippen molar-refractivity contribution in [3.8, 4) is 0 Å². The Kier molecular flexibility index (Phi) is 2.81. The molecule has 1 aromatic rings. The quantitative estimate of drug-likeness (QED) is 0.753. The molecule has 0 aromatic heterocycles. The van der Waals surface area contributed by atoms with E-state index in [1.165, 1.54) is 30.4 Å². The molecule has 1 aliphatic rings. The first kappa shape index (κ1) is 10.7. The van der Waals surface area contributed by atoms with Gasteiger partial charge < -0.3 is 0 Å². The highest BCUT2D eigenvalue weighted by molar-refractivity contribution is 5.34. The zero-order chi connectivity index (χ0) is 10.9. The van der Waals surface area contributed by atoms with E-state index in [9.17, 15) is 0 Å². The predicted molar refractivity (Wildman–Crippen MR) is 61.5 cm³/mol. The third kappa shape index (κ3) is 1.92. The summed E-state index contributed by atoms with van der Waals surface area (Å²) in [5.74, 6) is 5.82. The second-order valence-corrected chi connectivity index (χ2v) is 4.86. The summed E-state index contributed by atoms with van der Waals surface area (Å²) in [7, 11) is 0. The Morgan fingerprint density at radius 2 is 2.07 bits per heavy atom. The topological polar surface area (TPSA) is 35.2 Å². The van der Waals surface area contributed by atoms with Crippen molar-refractivity contribution in [2.24, 2.45) is 5.90 Å². The van der Waals surface area contributed by atoms with E-state index in [2.05, 4.69) is 38.1 Å². The van der Waals surface area contributed by atoms with E-state index in [1.807, 2.05) is 0 Å². The summed E-state index contributed by atoms with van der Waals surface area (Å²) >= 11 is 0. The molecule has 1 aliphatic carbocycles. The average molecular weight is 205 g/mol. The van der Waals surface area contributed by atoms with Gasteiger partial charge in [-0.1, -0.05) is 24.3 Å². The molecule has 1 atom stereocenters. The first-order valence-electron chi connectivity index (χ1n) is 5.61. The molecule has 0 bridgehead atoms. The SMILES string of the molecule is CC(C)(ON)C1CCCc2ccccc21. The van der Waals surface area contributed by atoms with Crippen molar-refractivity contribution < 1.29 is 4.84 Å². The lowest BCUT2D eigenvalue weighted by Crippen LogP contribution is -2.37. The molecule has 2 heteroatoms. The van der Waals surface area contributed by atoms with E-state index in [4.69, 9.17) is 10.7 Å². The van der Waals surface area contributed by atoms with E-state index >= 15 is 0 Å². The monoisotopic (exact) mass is 205 g/mol. The summed E-state index contributed by atoms with van der Waals surface area (Å²) in [5.41, 5.74) is 2.61. The molecule has 2 nitrogen and oxygen atoms in total. The Labute approximate surface area is 91.4 Å². The molecular weight excluding hydrogens is 186 g/mol. The number of hydrogen-bond donors (Lipinski definition) is 1. The van der Waals surface area contributed by atoms with Crippen LogP contribution in [0.5, 0.6) is 0 Å². The Morgan fingerprint density at radius 3 is 2.80 bits per heavy atom. The van der Waals surface area contributed by atoms with Crippen LogP contribution in [0.4, 0.5) is 0 Å². The van der Waals surface area contributed by atoms with Crippen molar-refractivity contribution in [1.82, 2.24) is 0 Å². The Morgan fingerprint density at radius 1 is 1.33 bits per heavy atom. The predicted octanol–water partition coefficient (Wildman–Crippen LogP) is 2.78. The van der Waals surface area contributed by atoms with Gasteiger partial charge in [-0.15, -0.1) is 0 Å². The molecule has 0 fully saturated rings. The molecule has 0 radical (unpaired) electrons. The van der Waals surface area contributed by atoms with Crippen LogP contribution in [0.3, 0.4) is 0 Å². The molecule has 0 heterocycles. The van der Waals surface area contributed by atoms with E-state index in [0.717, 1.165) is 0 Å². The van der Waals surface area contributed by atoms with Crippen LogP contribution in [0.15, 0.2) is 24.3 Å². The minimum Gasteiger partial charge on any atom is -0.298 e. The largest absolute Gasteiger partial charge is 0.298 e. The van der Waals surface area contributed by atoms with Gasteiger partial charge in [-0.25, -0.2) is 5.90 Å². The molecule has 0 aliphatic heterocycles. The first-order chi connectivity index (χ1) is 7.15. The van der Waals surface area contributed by atoms with Crippen LogP contribution >= 0.6 is 0 Å². The molecule has 0 spiro atoms. The van der Waals surface area contributed by atoms with Crippen molar-refractivity contribution in [3.05, 3.63) is 35.4 Å². The van der Waals surface area contributed by atoms with Gasteiger partial charge in [0.05, 0.1) is 5.60 Å². The fraction of sp³-hybridized carbons (Fsp3) is 0.538. The van der Waals surface area contributed by atoms with Crippen LogP contribution in [0.25, 0.3) is 0 Å². The smallest absolute Gasteiger partial charge is 0.0906 e. The molecule has 2 N–H and O–H groups in total. The van der Waals surface area contributed by atoms with Crippen molar-refractivity contribution >= 4 is 0 Å². The maximum absolute atomic E-state index is 5.39. The summed E-state index contributed by atoms with van der Waals surface area (Å²) in [5, 5.41) is 0. The minimum absolute atomic E-state index is 0.267. The molecular formula is C13H19NO. The minimum atomic E-state index is -0.267. The fourth-order valence-corrected chi connectivity index (χ4v) is 2.56. The van der Waals surface area contributed by atoms with Crippen LogP contribution in [-0.2, 0) is 11.3 Å². The molecule has 0 saturated carbocycles. The Bertz CT molecular complexity index is 346. The molecule has 1 unspecified atom stereocenters. The van der Waals surface area contributed by atoms with Gasteiger partial charge in [-0.3, -0.25) is 4.84 Å². The maximum atomic E-state index is 5.39. The van der Waals surface area contributed by atoms with Gasteiger partial charge >= 0.3 is 0 Å². The van der Waals surface area contributed by atoms with Gasteiger partial charge in [0.1, 0.15) is 0 Å². The number of fused-ring (bicyclic) bond motifs is 1. The highest BCUT2D eigenvalue weighted by Gasteiger charge is 2.34. The van der Waals surface area contributed by atoms with Crippen LogP contribution in [0, 0.1) is 0 Å². The van der Waals surface area contributed by atoms with Crippen molar-refractivity contribution in [3.63, 3.8) is 0 Å². The van der Waals surface area contributed by atoms with Crippen molar-refractivity contribution in [2.45, 2.75) is 44.6 Å². The zero-order valence-corrected chi connectivity index (χ0v) is 9.49. The summed E-state index contributed by atoms with van der Waals surface area (Å²) in [6.07, 6.45) is 3.59.